The second kappa shape index (κ2) is 4.00. The van der Waals surface area contributed by atoms with E-state index in [2.05, 4.69) is 10.2 Å². The Morgan fingerprint density at radius 3 is 2.67 bits per heavy atom. The minimum atomic E-state index is -0.287. The third-order valence-corrected chi connectivity index (χ3v) is 1.96. The quantitative estimate of drug-likeness (QED) is 0.805. The van der Waals surface area contributed by atoms with Gasteiger partial charge in [-0.3, -0.25) is 5.10 Å². The number of nitrogens with one attached hydrogen (secondary N) is 1. The van der Waals surface area contributed by atoms with E-state index in [4.69, 9.17) is 10.5 Å². The Kier molecular flexibility index (Phi) is 2.53. The molecule has 0 fully saturated rings. The third-order valence-electron chi connectivity index (χ3n) is 1.96. The lowest BCUT2D eigenvalue weighted by molar-refractivity contribution is 0.306. The average molecular weight is 207 g/mol. The number of hydrogen-bond donors (Lipinski definition) is 2. The van der Waals surface area contributed by atoms with Crippen molar-refractivity contribution < 1.29 is 9.13 Å². The molecule has 0 saturated carbocycles. The number of nitrogens with zero attached hydrogens (tertiary/aromatic N) is 1. The highest BCUT2D eigenvalue weighted by molar-refractivity contribution is 5.36. The van der Waals surface area contributed by atoms with E-state index in [9.17, 15) is 4.39 Å². The first-order valence-electron chi connectivity index (χ1n) is 4.42. The van der Waals surface area contributed by atoms with Gasteiger partial charge in [-0.25, -0.2) is 4.39 Å². The molecule has 0 radical (unpaired) electrons. The number of nitrogen functional groups attached to an aromatic ring is 1. The van der Waals surface area contributed by atoms with E-state index in [0.717, 1.165) is 5.56 Å². The summed E-state index contributed by atoms with van der Waals surface area (Å²) in [6.07, 6.45) is 1.60. The van der Waals surface area contributed by atoms with Crippen LogP contribution in [-0.2, 0) is 6.61 Å². The fourth-order valence-corrected chi connectivity index (χ4v) is 1.13. The first kappa shape index (κ1) is 9.51. The van der Waals surface area contributed by atoms with Crippen LogP contribution in [0.4, 0.5) is 10.2 Å². The fourth-order valence-electron chi connectivity index (χ4n) is 1.13. The van der Waals surface area contributed by atoms with E-state index in [1.807, 2.05) is 0 Å². The maximum absolute atomic E-state index is 12.6. The molecule has 1 aromatic heterocycles. The van der Waals surface area contributed by atoms with Crippen molar-refractivity contribution in [3.05, 3.63) is 41.8 Å². The molecule has 4 nitrogen and oxygen atoms in total. The van der Waals surface area contributed by atoms with Crippen molar-refractivity contribution in [2.75, 3.05) is 5.73 Å². The lowest BCUT2D eigenvalue weighted by Gasteiger charge is -2.04. The summed E-state index contributed by atoms with van der Waals surface area (Å²) in [4.78, 5) is 0. The highest BCUT2D eigenvalue weighted by atomic mass is 19.1. The molecule has 2 rings (SSSR count). The third kappa shape index (κ3) is 2.25. The van der Waals surface area contributed by atoms with Gasteiger partial charge in [0.25, 0.3) is 0 Å². The van der Waals surface area contributed by atoms with E-state index in [1.165, 1.54) is 12.1 Å². The first-order chi connectivity index (χ1) is 7.25. The number of halogens is 1. The molecule has 0 atom stereocenters. The van der Waals surface area contributed by atoms with Gasteiger partial charge in [-0.15, -0.1) is 0 Å². The van der Waals surface area contributed by atoms with Gasteiger partial charge in [0.1, 0.15) is 24.0 Å². The van der Waals surface area contributed by atoms with Gasteiger partial charge >= 0.3 is 0 Å². The van der Waals surface area contributed by atoms with Gasteiger partial charge in [0.15, 0.2) is 0 Å². The molecule has 3 N–H and O–H groups in total. The van der Waals surface area contributed by atoms with Crippen LogP contribution in [0.2, 0.25) is 0 Å². The largest absolute Gasteiger partial charge is 0.489 e. The van der Waals surface area contributed by atoms with Crippen molar-refractivity contribution in [1.82, 2.24) is 10.2 Å². The molecule has 0 unspecified atom stereocenters. The minimum Gasteiger partial charge on any atom is -0.489 e. The molecule has 0 saturated heterocycles. The highest BCUT2D eigenvalue weighted by Crippen LogP contribution is 2.14. The van der Waals surface area contributed by atoms with Crippen molar-refractivity contribution in [2.24, 2.45) is 0 Å². The van der Waals surface area contributed by atoms with Crippen LogP contribution in [0.15, 0.2) is 30.5 Å². The number of anilines is 1. The molecule has 0 aliphatic rings. The van der Waals surface area contributed by atoms with Gasteiger partial charge in [-0.2, -0.15) is 5.10 Å². The van der Waals surface area contributed by atoms with Crippen LogP contribution >= 0.6 is 0 Å². The van der Waals surface area contributed by atoms with E-state index >= 15 is 0 Å². The van der Waals surface area contributed by atoms with Crippen molar-refractivity contribution >= 4 is 5.82 Å². The average Bonchev–Trinajstić information content (AvgIpc) is 2.63. The molecule has 0 bridgehead atoms. The smallest absolute Gasteiger partial charge is 0.125 e. The molecule has 1 heterocycles. The van der Waals surface area contributed by atoms with Crippen LogP contribution in [0, 0.1) is 5.82 Å². The molecule has 5 heteroatoms. The molecule has 0 spiro atoms. The zero-order valence-corrected chi connectivity index (χ0v) is 7.90. The normalized spacial score (nSPS) is 10.2. The molecule has 0 aliphatic carbocycles. The number of ether oxygens (including phenoxy) is 1. The van der Waals surface area contributed by atoms with E-state index < -0.39 is 0 Å². The Balaban J connectivity index is 1.99. The maximum Gasteiger partial charge on any atom is 0.125 e. The van der Waals surface area contributed by atoms with Gasteiger partial charge in [-0.05, 0) is 24.3 Å². The minimum absolute atomic E-state index is 0.287. The van der Waals surface area contributed by atoms with Crippen LogP contribution in [0.5, 0.6) is 5.75 Å². The van der Waals surface area contributed by atoms with Gasteiger partial charge in [0, 0.05) is 0 Å². The van der Waals surface area contributed by atoms with Crippen molar-refractivity contribution in [3.8, 4) is 5.75 Å². The van der Waals surface area contributed by atoms with Crippen LogP contribution in [0.1, 0.15) is 5.56 Å². The molecule has 15 heavy (non-hydrogen) atoms. The van der Waals surface area contributed by atoms with Crippen LogP contribution in [0.3, 0.4) is 0 Å². The maximum atomic E-state index is 12.6. The topological polar surface area (TPSA) is 63.9 Å². The van der Waals surface area contributed by atoms with Gasteiger partial charge in [0.2, 0.25) is 0 Å². The summed E-state index contributed by atoms with van der Waals surface area (Å²) in [5, 5.41) is 6.36. The number of nitrogens with two attached hydrogens (primary N) is 1. The lowest BCUT2D eigenvalue weighted by atomic mass is 10.3. The summed E-state index contributed by atoms with van der Waals surface area (Å²) in [5.41, 5.74) is 6.35. The SMILES string of the molecule is Nc1[nH]ncc1COc1ccc(F)cc1. The summed E-state index contributed by atoms with van der Waals surface area (Å²) < 4.78 is 18.0. The second-order valence-corrected chi connectivity index (χ2v) is 3.05. The Hall–Kier alpha value is -2.04. The second-order valence-electron chi connectivity index (χ2n) is 3.05. The Morgan fingerprint density at radius 2 is 2.07 bits per heavy atom. The lowest BCUT2D eigenvalue weighted by Crippen LogP contribution is -1.98. The Morgan fingerprint density at radius 1 is 1.33 bits per heavy atom. The highest BCUT2D eigenvalue weighted by Gasteiger charge is 2.01. The summed E-state index contributed by atoms with van der Waals surface area (Å²) in [7, 11) is 0. The molecular weight excluding hydrogens is 197 g/mol. The zero-order chi connectivity index (χ0) is 10.7. The van der Waals surface area contributed by atoms with Crippen LogP contribution in [0.25, 0.3) is 0 Å². The molecule has 78 valence electrons. The summed E-state index contributed by atoms with van der Waals surface area (Å²) in [6.45, 7) is 0.313. The number of hydrogen-bond acceptors (Lipinski definition) is 3. The monoisotopic (exact) mass is 207 g/mol. The number of benzene rings is 1. The van der Waals surface area contributed by atoms with Gasteiger partial charge in [0.05, 0.1) is 11.8 Å². The van der Waals surface area contributed by atoms with E-state index in [1.54, 1.807) is 18.3 Å². The Bertz CT molecular complexity index is 438. The zero-order valence-electron chi connectivity index (χ0n) is 7.90. The Labute approximate surface area is 85.9 Å². The number of H-pyrrole nitrogens is 1. The van der Waals surface area contributed by atoms with E-state index in [0.29, 0.717) is 18.2 Å². The molecular formula is C10H10FN3O. The number of aromatic nitrogens is 2. The van der Waals surface area contributed by atoms with Crippen molar-refractivity contribution in [3.63, 3.8) is 0 Å². The molecule has 0 amide bonds. The van der Waals surface area contributed by atoms with Gasteiger partial charge in [-0.1, -0.05) is 0 Å². The predicted molar refractivity (Wildman–Crippen MR) is 53.7 cm³/mol. The standard InChI is InChI=1S/C10H10FN3O/c11-8-1-3-9(4-2-8)15-6-7-5-13-14-10(7)12/h1-5H,6H2,(H3,12,13,14). The summed E-state index contributed by atoms with van der Waals surface area (Å²) in [6, 6.07) is 5.80. The number of aromatic amines is 1. The van der Waals surface area contributed by atoms with Gasteiger partial charge < -0.3 is 10.5 Å². The van der Waals surface area contributed by atoms with Crippen LogP contribution in [-0.4, -0.2) is 10.2 Å². The van der Waals surface area contributed by atoms with Crippen molar-refractivity contribution in [2.45, 2.75) is 6.61 Å². The number of rotatable bonds is 3. The fraction of sp³-hybridized carbons (Fsp3) is 0.100. The summed E-state index contributed by atoms with van der Waals surface area (Å²) >= 11 is 0. The van der Waals surface area contributed by atoms with Crippen LogP contribution < -0.4 is 10.5 Å². The molecule has 1 aromatic carbocycles. The molecule has 0 aliphatic heterocycles. The predicted octanol–water partition coefficient (Wildman–Crippen LogP) is 1.71. The first-order valence-corrected chi connectivity index (χ1v) is 4.42. The van der Waals surface area contributed by atoms with Crippen molar-refractivity contribution in [1.29, 1.82) is 0 Å². The summed E-state index contributed by atoms with van der Waals surface area (Å²) in [5.74, 6) is 0.791. The van der Waals surface area contributed by atoms with E-state index in [-0.39, 0.29) is 5.82 Å². The molecule has 2 aromatic rings.